The number of rotatable bonds is 5. The zero-order chi connectivity index (χ0) is 25.0. The lowest BCUT2D eigenvalue weighted by Crippen LogP contribution is -2.44. The molecule has 2 heterocycles. The van der Waals surface area contributed by atoms with Crippen LogP contribution in [0.4, 0.5) is 4.39 Å². The fraction of sp³-hybridized carbons (Fsp3) is 0.654. The van der Waals surface area contributed by atoms with Crippen LogP contribution in [0.1, 0.15) is 82.2 Å². The molecule has 0 radical (unpaired) electrons. The van der Waals surface area contributed by atoms with E-state index in [9.17, 15) is 18.8 Å². The topological polar surface area (TPSA) is 97.0 Å². The van der Waals surface area contributed by atoms with Gasteiger partial charge in [0, 0.05) is 39.0 Å². The van der Waals surface area contributed by atoms with E-state index in [0.717, 1.165) is 51.4 Å². The molecule has 8 nitrogen and oxygen atoms in total. The fourth-order valence-electron chi connectivity index (χ4n) is 4.54. The van der Waals surface area contributed by atoms with E-state index < -0.39 is 35.9 Å². The van der Waals surface area contributed by atoms with Crippen molar-refractivity contribution in [1.82, 2.24) is 15.7 Å². The Balaban J connectivity index is 1.72. The highest BCUT2D eigenvalue weighted by Crippen LogP contribution is 2.22. The van der Waals surface area contributed by atoms with Gasteiger partial charge in [-0.3, -0.25) is 14.4 Å². The number of amides is 3. The summed E-state index contributed by atoms with van der Waals surface area (Å²) in [5.41, 5.74) is 2.80. The van der Waals surface area contributed by atoms with Gasteiger partial charge in [0.15, 0.2) is 6.29 Å². The molecule has 0 saturated carbocycles. The summed E-state index contributed by atoms with van der Waals surface area (Å²) in [6.45, 7) is 1.16. The largest absolute Gasteiger partial charge is 0.350 e. The molecule has 35 heavy (non-hydrogen) atoms. The van der Waals surface area contributed by atoms with Crippen LogP contribution in [0.25, 0.3) is 0 Å². The van der Waals surface area contributed by atoms with E-state index in [-0.39, 0.29) is 12.3 Å². The Morgan fingerprint density at radius 1 is 1.11 bits per heavy atom. The number of carbonyl (C=O) groups excluding carboxylic acids is 3. The molecule has 0 spiro atoms. The number of ether oxygens (including phenoxy) is 1. The maximum Gasteiger partial charge on any atom is 0.249 e. The van der Waals surface area contributed by atoms with E-state index in [1.807, 2.05) is 0 Å². The second kappa shape index (κ2) is 14.1. The molecule has 0 aliphatic carbocycles. The number of hydrogen-bond donors (Lipinski definition) is 2. The Morgan fingerprint density at radius 3 is 2.60 bits per heavy atom. The van der Waals surface area contributed by atoms with Crippen LogP contribution < -0.4 is 10.8 Å². The summed E-state index contributed by atoms with van der Waals surface area (Å²) in [4.78, 5) is 46.1. The lowest BCUT2D eigenvalue weighted by molar-refractivity contribution is -0.200. The minimum atomic E-state index is -1.02. The van der Waals surface area contributed by atoms with Crippen LogP contribution in [0, 0.1) is 11.7 Å². The average molecular weight is 492 g/mol. The van der Waals surface area contributed by atoms with Crippen molar-refractivity contribution >= 4 is 17.7 Å². The van der Waals surface area contributed by atoms with Gasteiger partial charge in [0.2, 0.25) is 17.7 Å². The summed E-state index contributed by atoms with van der Waals surface area (Å²) < 4.78 is 19.4. The van der Waals surface area contributed by atoms with Crippen LogP contribution in [-0.2, 0) is 24.0 Å². The van der Waals surface area contributed by atoms with Crippen molar-refractivity contribution < 1.29 is 28.3 Å². The zero-order valence-corrected chi connectivity index (χ0v) is 20.6. The van der Waals surface area contributed by atoms with Gasteiger partial charge in [-0.15, -0.1) is 0 Å². The summed E-state index contributed by atoms with van der Waals surface area (Å²) in [5.74, 6) is -2.23. The van der Waals surface area contributed by atoms with Crippen molar-refractivity contribution in [2.24, 2.45) is 5.92 Å². The summed E-state index contributed by atoms with van der Waals surface area (Å²) in [7, 11) is 1.70. The standard InChI is InChI=1S/C26H38FN3O5/c1-30-15-8-5-3-2-4-6-11-20(18-22(31)29-35-23-14-7-9-16-34-23)25(32)28-24(26(30)33)19-12-10-13-21(27)17-19/h10,12-13,17,20,23-24H,2-9,11,14-16,18H2,1H3,(H,28,32)(H,29,31)/t20?,23-,24?/m0/s1. The number of likely N-dealkylation sites (N-methyl/N-ethyl adjacent to an activating group) is 1. The molecule has 2 unspecified atom stereocenters. The van der Waals surface area contributed by atoms with E-state index in [1.54, 1.807) is 18.0 Å². The first-order chi connectivity index (χ1) is 16.9. The number of nitrogens with zero attached hydrogens (tertiary/aromatic N) is 1. The number of halogens is 1. The molecule has 194 valence electrons. The van der Waals surface area contributed by atoms with Crippen LogP contribution in [0.5, 0.6) is 0 Å². The van der Waals surface area contributed by atoms with Gasteiger partial charge in [0.25, 0.3) is 0 Å². The third-order valence-corrected chi connectivity index (χ3v) is 6.63. The van der Waals surface area contributed by atoms with Crippen molar-refractivity contribution in [3.8, 4) is 0 Å². The maximum atomic E-state index is 14.0. The molecule has 0 aromatic heterocycles. The Kier molecular flexibility index (Phi) is 10.9. The first-order valence-electron chi connectivity index (χ1n) is 12.8. The molecule has 1 aromatic carbocycles. The van der Waals surface area contributed by atoms with Crippen molar-refractivity contribution in [2.45, 2.75) is 83.0 Å². The van der Waals surface area contributed by atoms with Gasteiger partial charge in [0.1, 0.15) is 11.9 Å². The molecule has 2 fully saturated rings. The van der Waals surface area contributed by atoms with Gasteiger partial charge in [-0.1, -0.05) is 44.2 Å². The van der Waals surface area contributed by atoms with Gasteiger partial charge < -0.3 is 15.0 Å². The van der Waals surface area contributed by atoms with Crippen LogP contribution in [0.2, 0.25) is 0 Å². The maximum absolute atomic E-state index is 14.0. The predicted molar refractivity (Wildman–Crippen MR) is 128 cm³/mol. The lowest BCUT2D eigenvalue weighted by Gasteiger charge is -2.27. The van der Waals surface area contributed by atoms with Gasteiger partial charge in [0.05, 0.1) is 0 Å². The highest BCUT2D eigenvalue weighted by molar-refractivity contribution is 5.91. The number of nitrogens with one attached hydrogen (secondary N) is 2. The van der Waals surface area contributed by atoms with Gasteiger partial charge in [-0.25, -0.2) is 14.7 Å². The van der Waals surface area contributed by atoms with Crippen LogP contribution in [-0.4, -0.2) is 49.1 Å². The Bertz CT molecular complexity index is 846. The summed E-state index contributed by atoms with van der Waals surface area (Å²) in [5, 5.41) is 2.81. The number of carbonyl (C=O) groups is 3. The summed E-state index contributed by atoms with van der Waals surface area (Å²) in [6, 6.07) is 4.68. The molecule has 9 heteroatoms. The Morgan fingerprint density at radius 2 is 1.86 bits per heavy atom. The molecule has 3 rings (SSSR count). The second-order valence-corrected chi connectivity index (χ2v) is 9.51. The third-order valence-electron chi connectivity index (χ3n) is 6.63. The van der Waals surface area contributed by atoms with Crippen molar-refractivity contribution in [2.75, 3.05) is 20.2 Å². The smallest absolute Gasteiger partial charge is 0.249 e. The molecular weight excluding hydrogens is 453 g/mol. The van der Waals surface area contributed by atoms with Gasteiger partial charge >= 0.3 is 0 Å². The number of hydrogen-bond acceptors (Lipinski definition) is 5. The van der Waals surface area contributed by atoms with Crippen LogP contribution >= 0.6 is 0 Å². The monoisotopic (exact) mass is 491 g/mol. The first-order valence-corrected chi connectivity index (χ1v) is 12.8. The molecule has 1 aromatic rings. The third kappa shape index (κ3) is 8.89. The summed E-state index contributed by atoms with van der Waals surface area (Å²) >= 11 is 0. The molecule has 3 amide bonds. The normalized spacial score (nSPS) is 25.4. The zero-order valence-electron chi connectivity index (χ0n) is 20.6. The van der Waals surface area contributed by atoms with E-state index >= 15 is 0 Å². The highest BCUT2D eigenvalue weighted by atomic mass is 19.1. The molecule has 3 atom stereocenters. The molecule has 2 N–H and O–H groups in total. The van der Waals surface area contributed by atoms with E-state index in [1.165, 1.54) is 18.2 Å². The van der Waals surface area contributed by atoms with E-state index in [2.05, 4.69) is 10.8 Å². The van der Waals surface area contributed by atoms with Crippen LogP contribution in [0.15, 0.2) is 24.3 Å². The van der Waals surface area contributed by atoms with E-state index in [4.69, 9.17) is 9.57 Å². The first kappa shape index (κ1) is 27.1. The Labute approximate surface area is 206 Å². The second-order valence-electron chi connectivity index (χ2n) is 9.51. The van der Waals surface area contributed by atoms with Gasteiger partial charge in [-0.05, 0) is 43.4 Å². The molecule has 2 saturated heterocycles. The van der Waals surface area contributed by atoms with Gasteiger partial charge in [-0.2, -0.15) is 0 Å². The lowest BCUT2D eigenvalue weighted by atomic mass is 9.94. The average Bonchev–Trinajstić information content (AvgIpc) is 2.86. The molecule has 2 aliphatic heterocycles. The fourth-order valence-corrected chi connectivity index (χ4v) is 4.54. The van der Waals surface area contributed by atoms with Crippen molar-refractivity contribution in [3.63, 3.8) is 0 Å². The molecule has 0 bridgehead atoms. The van der Waals surface area contributed by atoms with E-state index in [0.29, 0.717) is 31.6 Å². The highest BCUT2D eigenvalue weighted by Gasteiger charge is 2.30. The minimum Gasteiger partial charge on any atom is -0.350 e. The molecular formula is C26H38FN3O5. The van der Waals surface area contributed by atoms with Crippen molar-refractivity contribution in [1.29, 1.82) is 0 Å². The predicted octanol–water partition coefficient (Wildman–Crippen LogP) is 3.77. The Hall–Kier alpha value is -2.52. The number of hydroxylamine groups is 1. The molecule has 2 aliphatic rings. The number of benzene rings is 1. The SMILES string of the molecule is CN1CCCCCCCCC(CC(=O)NO[C@H]2CCCCO2)C(=O)NC(c2cccc(F)c2)C1=O. The van der Waals surface area contributed by atoms with Crippen molar-refractivity contribution in [3.05, 3.63) is 35.6 Å². The minimum absolute atomic E-state index is 0.0710. The summed E-state index contributed by atoms with van der Waals surface area (Å²) in [6.07, 6.45) is 8.38. The van der Waals surface area contributed by atoms with Crippen LogP contribution in [0.3, 0.4) is 0 Å². The quantitative estimate of drug-likeness (QED) is 0.612.